The average Bonchev–Trinajstić information content (AvgIpc) is 3.58. The lowest BCUT2D eigenvalue weighted by Crippen LogP contribution is -1.94. The summed E-state index contributed by atoms with van der Waals surface area (Å²) >= 11 is 0. The molecule has 5 aromatic carbocycles. The van der Waals surface area contributed by atoms with Gasteiger partial charge in [0, 0.05) is 28.7 Å². The fourth-order valence-electron chi connectivity index (χ4n) is 7.08. The Morgan fingerprint density at radius 2 is 1.08 bits per heavy atom. The van der Waals surface area contributed by atoms with E-state index in [1.165, 1.54) is 16.2 Å². The zero-order chi connectivity index (χ0) is 32.3. The van der Waals surface area contributed by atoms with Gasteiger partial charge >= 0.3 is 0 Å². The summed E-state index contributed by atoms with van der Waals surface area (Å²) < 4.78 is 6.66. The first kappa shape index (κ1) is 27.4. The van der Waals surface area contributed by atoms with Gasteiger partial charge < -0.3 is 4.42 Å². The summed E-state index contributed by atoms with van der Waals surface area (Å²) in [6.45, 7) is 0. The molecule has 0 radical (unpaired) electrons. The van der Waals surface area contributed by atoms with Gasteiger partial charge in [0.2, 0.25) is 0 Å². The topological polar surface area (TPSA) is 64.7 Å². The van der Waals surface area contributed by atoms with Crippen LogP contribution in [0, 0.1) is 0 Å². The zero-order valence-corrected chi connectivity index (χ0v) is 26.2. The Labute approximate surface area is 281 Å². The van der Waals surface area contributed by atoms with Crippen LogP contribution in [-0.4, -0.2) is 19.9 Å². The van der Waals surface area contributed by atoms with Crippen LogP contribution in [0.4, 0.5) is 0 Å². The first-order valence-corrected chi connectivity index (χ1v) is 16.3. The smallest absolute Gasteiger partial charge is 0.147 e. The van der Waals surface area contributed by atoms with Gasteiger partial charge in [-0.3, -0.25) is 9.97 Å². The molecule has 0 bridgehead atoms. The molecule has 10 rings (SSSR count). The SMILES string of the molecule is c1ccc(-c2cc(-c3ccc4c(c3)nc(-c3cc5ccccc5c5ccccc35)c3c5ccccc5oc43)cc(-c3ccccn3)n2)nc1. The lowest BCUT2D eigenvalue weighted by atomic mass is 9.93. The molecule has 228 valence electrons. The van der Waals surface area contributed by atoms with Crippen molar-refractivity contribution in [1.29, 1.82) is 0 Å². The number of furan rings is 1. The molecule has 5 nitrogen and oxygen atoms in total. The number of aromatic nitrogens is 4. The standard InChI is InChI=1S/C44H26N4O/c1-2-12-30-28(11-1)23-35(32-14-4-3-13-31(30)32)43-42-34-15-5-6-18-41(34)49-44(42)33-20-19-27(24-38(33)48-43)29-25-39(36-16-7-9-21-45-36)47-40(26-29)37-17-8-10-22-46-37/h1-26H. The second kappa shape index (κ2) is 10.9. The molecule has 5 heterocycles. The lowest BCUT2D eigenvalue weighted by molar-refractivity contribution is 0.672. The summed E-state index contributed by atoms with van der Waals surface area (Å²) in [6, 6.07) is 50.1. The van der Waals surface area contributed by atoms with Crippen LogP contribution in [0.15, 0.2) is 162 Å². The molecule has 0 aliphatic rings. The number of hydrogen-bond donors (Lipinski definition) is 0. The Bertz CT molecular complexity index is 2820. The first-order valence-electron chi connectivity index (χ1n) is 16.3. The Hall–Kier alpha value is -6.72. The first-order chi connectivity index (χ1) is 24.3. The minimum atomic E-state index is 0.780. The Kier molecular flexibility index (Phi) is 6.11. The summed E-state index contributed by atoms with van der Waals surface area (Å²) in [7, 11) is 0. The minimum absolute atomic E-state index is 0.780. The molecule has 5 heteroatoms. The second-order valence-corrected chi connectivity index (χ2v) is 12.2. The zero-order valence-electron chi connectivity index (χ0n) is 26.2. The van der Waals surface area contributed by atoms with E-state index in [0.717, 1.165) is 83.4 Å². The van der Waals surface area contributed by atoms with Crippen LogP contribution < -0.4 is 0 Å². The van der Waals surface area contributed by atoms with Crippen molar-refractivity contribution in [2.75, 3.05) is 0 Å². The van der Waals surface area contributed by atoms with Gasteiger partial charge in [0.15, 0.2) is 0 Å². The maximum atomic E-state index is 6.66. The van der Waals surface area contributed by atoms with Gasteiger partial charge in [0.05, 0.1) is 39.4 Å². The van der Waals surface area contributed by atoms with E-state index in [4.69, 9.17) is 14.4 Å². The summed E-state index contributed by atoms with van der Waals surface area (Å²) in [5, 5.41) is 7.80. The highest BCUT2D eigenvalue weighted by Crippen LogP contribution is 2.43. The number of hydrogen-bond acceptors (Lipinski definition) is 5. The van der Waals surface area contributed by atoms with Crippen molar-refractivity contribution in [3.63, 3.8) is 0 Å². The van der Waals surface area contributed by atoms with E-state index >= 15 is 0 Å². The molecular formula is C44H26N4O. The number of fused-ring (bicyclic) bond motifs is 8. The molecule has 0 spiro atoms. The van der Waals surface area contributed by atoms with Crippen molar-refractivity contribution in [1.82, 2.24) is 19.9 Å². The van der Waals surface area contributed by atoms with Crippen LogP contribution >= 0.6 is 0 Å². The predicted octanol–water partition coefficient (Wildman–Crippen LogP) is 11.3. The average molecular weight is 627 g/mol. The van der Waals surface area contributed by atoms with E-state index in [1.807, 2.05) is 48.5 Å². The quantitative estimate of drug-likeness (QED) is 0.182. The molecule has 0 atom stereocenters. The molecule has 0 saturated heterocycles. The molecule has 0 aliphatic heterocycles. The third kappa shape index (κ3) is 4.48. The molecule has 0 saturated carbocycles. The summed E-state index contributed by atoms with van der Waals surface area (Å²) in [6.07, 6.45) is 3.58. The molecule has 0 fully saturated rings. The van der Waals surface area contributed by atoms with Crippen molar-refractivity contribution in [2.45, 2.75) is 0 Å². The number of rotatable bonds is 4. The molecule has 0 amide bonds. The molecule has 10 aromatic rings. The monoisotopic (exact) mass is 626 g/mol. The van der Waals surface area contributed by atoms with E-state index < -0.39 is 0 Å². The molecule has 5 aromatic heterocycles. The normalized spacial score (nSPS) is 11.7. The van der Waals surface area contributed by atoms with E-state index in [0.29, 0.717) is 0 Å². The number of para-hydroxylation sites is 1. The third-order valence-corrected chi connectivity index (χ3v) is 9.34. The van der Waals surface area contributed by atoms with Crippen LogP contribution in [0.2, 0.25) is 0 Å². The van der Waals surface area contributed by atoms with E-state index in [9.17, 15) is 0 Å². The predicted molar refractivity (Wildman–Crippen MR) is 199 cm³/mol. The van der Waals surface area contributed by atoms with Crippen LogP contribution in [0.3, 0.4) is 0 Å². The molecular weight excluding hydrogens is 601 g/mol. The number of pyridine rings is 4. The summed E-state index contributed by atoms with van der Waals surface area (Å²) in [4.78, 5) is 19.7. The van der Waals surface area contributed by atoms with Crippen molar-refractivity contribution in [2.24, 2.45) is 0 Å². The largest absolute Gasteiger partial charge is 0.455 e. The lowest BCUT2D eigenvalue weighted by Gasteiger charge is -2.13. The van der Waals surface area contributed by atoms with Gasteiger partial charge in [-0.05, 0) is 93.3 Å². The maximum absolute atomic E-state index is 6.66. The second-order valence-electron chi connectivity index (χ2n) is 12.2. The summed E-state index contributed by atoms with van der Waals surface area (Å²) in [5.74, 6) is 0. The number of nitrogens with zero attached hydrogens (tertiary/aromatic N) is 4. The van der Waals surface area contributed by atoms with E-state index in [2.05, 4.69) is 107 Å². The van der Waals surface area contributed by atoms with Crippen LogP contribution in [-0.2, 0) is 0 Å². The van der Waals surface area contributed by atoms with Gasteiger partial charge in [-0.25, -0.2) is 9.97 Å². The molecule has 0 unspecified atom stereocenters. The van der Waals surface area contributed by atoms with Crippen LogP contribution in [0.1, 0.15) is 0 Å². The Morgan fingerprint density at radius 3 is 1.82 bits per heavy atom. The molecule has 0 N–H and O–H groups in total. The molecule has 0 aliphatic carbocycles. The van der Waals surface area contributed by atoms with Gasteiger partial charge in [-0.2, -0.15) is 0 Å². The van der Waals surface area contributed by atoms with Crippen molar-refractivity contribution >= 4 is 54.4 Å². The van der Waals surface area contributed by atoms with Crippen LogP contribution in [0.25, 0.3) is 99.5 Å². The number of benzene rings is 5. The van der Waals surface area contributed by atoms with Gasteiger partial charge in [0.1, 0.15) is 11.2 Å². The van der Waals surface area contributed by atoms with E-state index in [-0.39, 0.29) is 0 Å². The summed E-state index contributed by atoms with van der Waals surface area (Å²) in [5.41, 5.74) is 9.70. The maximum Gasteiger partial charge on any atom is 0.147 e. The van der Waals surface area contributed by atoms with Crippen molar-refractivity contribution < 1.29 is 4.42 Å². The van der Waals surface area contributed by atoms with Crippen molar-refractivity contribution in [3.05, 3.63) is 158 Å². The highest BCUT2D eigenvalue weighted by molar-refractivity contribution is 6.23. The van der Waals surface area contributed by atoms with Crippen LogP contribution in [0.5, 0.6) is 0 Å². The van der Waals surface area contributed by atoms with E-state index in [1.54, 1.807) is 12.4 Å². The van der Waals surface area contributed by atoms with Gasteiger partial charge in [-0.1, -0.05) is 84.9 Å². The van der Waals surface area contributed by atoms with Gasteiger partial charge in [0.25, 0.3) is 0 Å². The minimum Gasteiger partial charge on any atom is -0.455 e. The fourth-order valence-corrected chi connectivity index (χ4v) is 7.08. The van der Waals surface area contributed by atoms with Gasteiger partial charge in [-0.15, -0.1) is 0 Å². The highest BCUT2D eigenvalue weighted by atomic mass is 16.3. The Balaban J connectivity index is 1.26. The highest BCUT2D eigenvalue weighted by Gasteiger charge is 2.21. The molecule has 49 heavy (non-hydrogen) atoms. The third-order valence-electron chi connectivity index (χ3n) is 9.34. The fraction of sp³-hybridized carbons (Fsp3) is 0. The van der Waals surface area contributed by atoms with Crippen molar-refractivity contribution in [3.8, 4) is 45.2 Å². The Morgan fingerprint density at radius 1 is 0.429 bits per heavy atom.